The van der Waals surface area contributed by atoms with Crippen molar-refractivity contribution in [3.05, 3.63) is 30.1 Å². The van der Waals surface area contributed by atoms with Gasteiger partial charge in [0.2, 0.25) is 5.91 Å². The minimum absolute atomic E-state index is 0.221. The number of hydrogen-bond acceptors (Lipinski definition) is 2. The van der Waals surface area contributed by atoms with E-state index in [-0.39, 0.29) is 11.8 Å². The molecular weight excluding hydrogens is 262 g/mol. The average molecular weight is 285 g/mol. The fourth-order valence-electron chi connectivity index (χ4n) is 3.07. The lowest BCUT2D eigenvalue weighted by atomic mass is 10.1. The van der Waals surface area contributed by atoms with Crippen LogP contribution in [-0.4, -0.2) is 34.0 Å². The van der Waals surface area contributed by atoms with Gasteiger partial charge in [-0.1, -0.05) is 32.4 Å². The van der Waals surface area contributed by atoms with Crippen LogP contribution < -0.4 is 0 Å². The van der Waals surface area contributed by atoms with E-state index in [0.29, 0.717) is 12.3 Å². The van der Waals surface area contributed by atoms with Crippen molar-refractivity contribution in [3.8, 4) is 0 Å². The van der Waals surface area contributed by atoms with Gasteiger partial charge in [0, 0.05) is 32.5 Å². The van der Waals surface area contributed by atoms with Crippen LogP contribution in [0.4, 0.5) is 0 Å². The number of rotatable bonds is 4. The third kappa shape index (κ3) is 2.55. The van der Waals surface area contributed by atoms with E-state index < -0.39 is 0 Å². The highest BCUT2D eigenvalue weighted by atomic mass is 16.2. The number of imidazole rings is 1. The van der Waals surface area contributed by atoms with Crippen LogP contribution in [0.2, 0.25) is 0 Å². The van der Waals surface area contributed by atoms with Crippen molar-refractivity contribution in [1.29, 1.82) is 0 Å². The number of carbonyl (C=O) groups excluding carboxylic acids is 1. The first-order valence-electron chi connectivity index (χ1n) is 7.79. The minimum Gasteiger partial charge on any atom is -0.345 e. The zero-order chi connectivity index (χ0) is 15.0. The van der Waals surface area contributed by atoms with Gasteiger partial charge in [0.15, 0.2) is 0 Å². The summed E-state index contributed by atoms with van der Waals surface area (Å²) < 4.78 is 2.33. The van der Waals surface area contributed by atoms with Crippen LogP contribution >= 0.6 is 0 Å². The Morgan fingerprint density at radius 1 is 1.38 bits per heavy atom. The number of fused-ring (bicyclic) bond motifs is 1. The van der Waals surface area contributed by atoms with Gasteiger partial charge in [0.1, 0.15) is 5.82 Å². The smallest absolute Gasteiger partial charge is 0.223 e. The summed E-state index contributed by atoms with van der Waals surface area (Å²) in [5, 5.41) is 0. The Bertz CT molecular complexity index is 661. The molecule has 0 N–H and O–H groups in total. The topological polar surface area (TPSA) is 38.1 Å². The lowest BCUT2D eigenvalue weighted by Gasteiger charge is -2.16. The van der Waals surface area contributed by atoms with Crippen LogP contribution in [0.25, 0.3) is 11.0 Å². The second-order valence-electron chi connectivity index (χ2n) is 6.26. The first-order chi connectivity index (χ1) is 10.1. The molecule has 1 saturated heterocycles. The van der Waals surface area contributed by atoms with Gasteiger partial charge in [-0.3, -0.25) is 4.79 Å². The molecule has 1 aromatic carbocycles. The molecule has 1 aliphatic heterocycles. The zero-order valence-corrected chi connectivity index (χ0v) is 13.0. The van der Waals surface area contributed by atoms with Crippen molar-refractivity contribution in [2.75, 3.05) is 13.6 Å². The van der Waals surface area contributed by atoms with E-state index in [0.717, 1.165) is 30.9 Å². The third-order valence-electron chi connectivity index (χ3n) is 4.58. The minimum atomic E-state index is 0.221. The Morgan fingerprint density at radius 3 is 2.81 bits per heavy atom. The predicted octanol–water partition coefficient (Wildman–Crippen LogP) is 3.03. The van der Waals surface area contributed by atoms with E-state index in [2.05, 4.69) is 36.6 Å². The summed E-state index contributed by atoms with van der Waals surface area (Å²) in [4.78, 5) is 18.5. The van der Waals surface area contributed by atoms with Gasteiger partial charge in [0.25, 0.3) is 0 Å². The van der Waals surface area contributed by atoms with Gasteiger partial charge >= 0.3 is 0 Å². The summed E-state index contributed by atoms with van der Waals surface area (Å²) >= 11 is 0. The monoisotopic (exact) mass is 285 g/mol. The molecule has 1 amide bonds. The van der Waals surface area contributed by atoms with Crippen LogP contribution in [0.5, 0.6) is 0 Å². The number of hydrogen-bond donors (Lipinski definition) is 0. The third-order valence-corrected chi connectivity index (χ3v) is 4.58. The molecule has 2 aromatic rings. The van der Waals surface area contributed by atoms with Crippen LogP contribution in [0.1, 0.15) is 38.4 Å². The Labute approximate surface area is 125 Å². The molecule has 2 heterocycles. The first-order valence-corrected chi connectivity index (χ1v) is 7.79. The van der Waals surface area contributed by atoms with Crippen LogP contribution in [0, 0.1) is 5.92 Å². The number of benzene rings is 1. The number of likely N-dealkylation sites (tertiary alicyclic amines) is 1. The van der Waals surface area contributed by atoms with Crippen LogP contribution in [0.15, 0.2) is 24.3 Å². The molecule has 1 aromatic heterocycles. The van der Waals surface area contributed by atoms with Gasteiger partial charge in [-0.2, -0.15) is 0 Å². The Kier molecular flexibility index (Phi) is 3.70. The molecule has 0 spiro atoms. The summed E-state index contributed by atoms with van der Waals surface area (Å²) in [6, 6.07) is 8.28. The van der Waals surface area contributed by atoms with Crippen molar-refractivity contribution in [3.63, 3.8) is 0 Å². The molecule has 21 heavy (non-hydrogen) atoms. The molecule has 3 rings (SSSR count). The molecule has 0 bridgehead atoms. The molecule has 2 atom stereocenters. The number of nitrogens with zero attached hydrogens (tertiary/aromatic N) is 3. The summed E-state index contributed by atoms with van der Waals surface area (Å²) in [6.07, 6.45) is 1.73. The number of aromatic nitrogens is 2. The van der Waals surface area contributed by atoms with Crippen molar-refractivity contribution >= 4 is 16.9 Å². The van der Waals surface area contributed by atoms with Gasteiger partial charge in [0.05, 0.1) is 11.0 Å². The average Bonchev–Trinajstić information content (AvgIpc) is 3.00. The maximum absolute atomic E-state index is 11.9. The molecule has 112 valence electrons. The van der Waals surface area contributed by atoms with Crippen molar-refractivity contribution in [1.82, 2.24) is 14.5 Å². The largest absolute Gasteiger partial charge is 0.345 e. The van der Waals surface area contributed by atoms with E-state index in [9.17, 15) is 4.79 Å². The maximum Gasteiger partial charge on any atom is 0.223 e. The highest BCUT2D eigenvalue weighted by molar-refractivity contribution is 5.80. The lowest BCUT2D eigenvalue weighted by molar-refractivity contribution is -0.126. The van der Waals surface area contributed by atoms with Crippen molar-refractivity contribution in [2.24, 2.45) is 5.92 Å². The SMILES string of the molecule is CCC(C)Cn1c(C2CC(=O)N(C)C2)nc2ccccc21. The molecule has 4 nitrogen and oxygen atoms in total. The summed E-state index contributed by atoms with van der Waals surface area (Å²) in [7, 11) is 1.88. The number of para-hydroxylation sites is 2. The molecule has 2 unspecified atom stereocenters. The van der Waals surface area contributed by atoms with Gasteiger partial charge in [-0.05, 0) is 18.1 Å². The summed E-state index contributed by atoms with van der Waals surface area (Å²) in [6.45, 7) is 6.24. The molecule has 1 fully saturated rings. The number of likely N-dealkylation sites (N-methyl/N-ethyl adjacent to an activating group) is 1. The quantitative estimate of drug-likeness (QED) is 0.866. The summed E-state index contributed by atoms with van der Waals surface area (Å²) in [5.74, 6) is 2.13. The fraction of sp³-hybridized carbons (Fsp3) is 0.529. The second kappa shape index (κ2) is 5.51. The molecule has 0 radical (unpaired) electrons. The normalized spacial score (nSPS) is 20.4. The molecule has 0 saturated carbocycles. The van der Waals surface area contributed by atoms with Gasteiger partial charge < -0.3 is 9.47 Å². The van der Waals surface area contributed by atoms with Crippen molar-refractivity contribution in [2.45, 2.75) is 39.2 Å². The van der Waals surface area contributed by atoms with E-state index >= 15 is 0 Å². The first kappa shape index (κ1) is 14.1. The molecular formula is C17H23N3O. The Morgan fingerprint density at radius 2 is 2.14 bits per heavy atom. The zero-order valence-electron chi connectivity index (χ0n) is 13.0. The molecule has 0 aliphatic carbocycles. The van der Waals surface area contributed by atoms with E-state index in [1.807, 2.05) is 18.0 Å². The number of amides is 1. The van der Waals surface area contributed by atoms with E-state index in [1.54, 1.807) is 0 Å². The molecule has 4 heteroatoms. The van der Waals surface area contributed by atoms with Crippen molar-refractivity contribution < 1.29 is 4.79 Å². The Hall–Kier alpha value is -1.84. The van der Waals surface area contributed by atoms with E-state index in [4.69, 9.17) is 4.98 Å². The van der Waals surface area contributed by atoms with Crippen LogP contribution in [0.3, 0.4) is 0 Å². The second-order valence-corrected chi connectivity index (χ2v) is 6.26. The Balaban J connectivity index is 2.04. The fourth-order valence-corrected chi connectivity index (χ4v) is 3.07. The van der Waals surface area contributed by atoms with Gasteiger partial charge in [-0.25, -0.2) is 4.98 Å². The van der Waals surface area contributed by atoms with Gasteiger partial charge in [-0.15, -0.1) is 0 Å². The lowest BCUT2D eigenvalue weighted by Crippen LogP contribution is -2.19. The highest BCUT2D eigenvalue weighted by Crippen LogP contribution is 2.30. The highest BCUT2D eigenvalue weighted by Gasteiger charge is 2.32. The predicted molar refractivity (Wildman–Crippen MR) is 84.2 cm³/mol. The maximum atomic E-state index is 11.9. The van der Waals surface area contributed by atoms with E-state index in [1.165, 1.54) is 5.52 Å². The number of carbonyl (C=O) groups is 1. The standard InChI is InChI=1S/C17H23N3O/c1-4-12(2)10-20-15-8-6-5-7-14(15)18-17(20)13-9-16(21)19(3)11-13/h5-8,12-13H,4,9-11H2,1-3H3. The van der Waals surface area contributed by atoms with Crippen LogP contribution in [-0.2, 0) is 11.3 Å². The molecule has 1 aliphatic rings. The summed E-state index contributed by atoms with van der Waals surface area (Å²) in [5.41, 5.74) is 2.23.